The van der Waals surface area contributed by atoms with Crippen molar-refractivity contribution < 1.29 is 4.79 Å². The Morgan fingerprint density at radius 1 is 0.939 bits per heavy atom. The summed E-state index contributed by atoms with van der Waals surface area (Å²) in [6.45, 7) is 4.32. The third-order valence-corrected chi connectivity index (χ3v) is 8.34. The Balaban J connectivity index is 1.34. The molecule has 2 N–H and O–H groups in total. The van der Waals surface area contributed by atoms with Gasteiger partial charge in [-0.2, -0.15) is 0 Å². The quantitative estimate of drug-likeness (QED) is 0.449. The first-order valence-electron chi connectivity index (χ1n) is 12.5. The number of hydrogen-bond donors (Lipinski definition) is 2. The van der Waals surface area contributed by atoms with E-state index in [9.17, 15) is 4.79 Å². The van der Waals surface area contributed by atoms with Crippen LogP contribution in [0, 0.1) is 17.8 Å². The van der Waals surface area contributed by atoms with Gasteiger partial charge in [-0.05, 0) is 89.8 Å². The van der Waals surface area contributed by atoms with Crippen LogP contribution < -0.4 is 10.6 Å². The minimum Gasteiger partial charge on any atom is -0.378 e. The number of anilines is 2. The number of rotatable bonds is 4. The fraction of sp³-hybridized carbons (Fsp3) is 0.367. The van der Waals surface area contributed by atoms with Gasteiger partial charge in [-0.3, -0.25) is 4.79 Å². The molecule has 2 saturated carbocycles. The van der Waals surface area contributed by atoms with Crippen LogP contribution in [0.4, 0.5) is 11.4 Å². The Hall–Kier alpha value is -3.07. The van der Waals surface area contributed by atoms with Gasteiger partial charge in [-0.1, -0.05) is 62.4 Å². The number of para-hydroxylation sites is 1. The molecule has 0 aromatic heterocycles. The Kier molecular flexibility index (Phi) is 5.01. The molecule has 2 fully saturated rings. The molecule has 3 nitrogen and oxygen atoms in total. The molecule has 1 heterocycles. The van der Waals surface area contributed by atoms with Gasteiger partial charge in [-0.15, -0.1) is 0 Å². The van der Waals surface area contributed by atoms with E-state index in [-0.39, 0.29) is 5.91 Å². The molecule has 2 aliphatic carbocycles. The molecule has 6 rings (SSSR count). The van der Waals surface area contributed by atoms with Crippen molar-refractivity contribution in [3.05, 3.63) is 95.1 Å². The average molecular weight is 437 g/mol. The largest absolute Gasteiger partial charge is 0.378 e. The summed E-state index contributed by atoms with van der Waals surface area (Å²) < 4.78 is 0. The number of carbonyl (C=O) groups is 1. The Bertz CT molecular complexity index is 1180. The second-order valence-corrected chi connectivity index (χ2v) is 10.5. The Morgan fingerprint density at radius 3 is 2.52 bits per heavy atom. The molecular weight excluding hydrogens is 404 g/mol. The molecule has 168 valence electrons. The number of benzene rings is 3. The molecule has 0 saturated heterocycles. The molecule has 33 heavy (non-hydrogen) atoms. The lowest BCUT2D eigenvalue weighted by Crippen LogP contribution is -2.35. The molecule has 1 aliphatic heterocycles. The van der Waals surface area contributed by atoms with E-state index in [2.05, 4.69) is 73.0 Å². The summed E-state index contributed by atoms with van der Waals surface area (Å²) >= 11 is 0. The molecule has 3 heteroatoms. The maximum absolute atomic E-state index is 13.3. The maximum Gasteiger partial charge on any atom is 0.255 e. The predicted octanol–water partition coefficient (Wildman–Crippen LogP) is 7.36. The van der Waals surface area contributed by atoms with Crippen LogP contribution in [0.3, 0.4) is 0 Å². The van der Waals surface area contributed by atoms with Crippen LogP contribution in [0.2, 0.25) is 0 Å². The summed E-state index contributed by atoms with van der Waals surface area (Å²) in [7, 11) is 0. The summed E-state index contributed by atoms with van der Waals surface area (Å²) in [5, 5.41) is 7.06. The number of nitrogens with one attached hydrogen (secondary N) is 2. The lowest BCUT2D eigenvalue weighted by molar-refractivity contribution is 0.102. The van der Waals surface area contributed by atoms with Crippen molar-refractivity contribution in [2.75, 3.05) is 10.6 Å². The van der Waals surface area contributed by atoms with E-state index in [1.165, 1.54) is 41.6 Å². The Morgan fingerprint density at radius 2 is 1.70 bits per heavy atom. The van der Waals surface area contributed by atoms with Crippen molar-refractivity contribution in [2.24, 2.45) is 17.8 Å². The molecule has 3 aliphatic rings. The third-order valence-electron chi connectivity index (χ3n) is 8.34. The second kappa shape index (κ2) is 8.06. The van der Waals surface area contributed by atoms with E-state index in [1.807, 2.05) is 24.3 Å². The summed E-state index contributed by atoms with van der Waals surface area (Å²) in [5.74, 6) is 3.02. The summed E-state index contributed by atoms with van der Waals surface area (Å²) in [6.07, 6.45) is 4.00. The van der Waals surface area contributed by atoms with E-state index >= 15 is 0 Å². The van der Waals surface area contributed by atoms with Gasteiger partial charge in [0.05, 0.1) is 6.04 Å². The molecule has 1 amide bonds. The van der Waals surface area contributed by atoms with Crippen molar-refractivity contribution in [3.63, 3.8) is 0 Å². The van der Waals surface area contributed by atoms with Crippen molar-refractivity contribution in [1.82, 2.24) is 0 Å². The fourth-order valence-electron chi connectivity index (χ4n) is 6.93. The number of hydrogen-bond acceptors (Lipinski definition) is 2. The zero-order valence-electron chi connectivity index (χ0n) is 19.4. The molecule has 5 atom stereocenters. The second-order valence-electron chi connectivity index (χ2n) is 10.5. The standard InChI is InChI=1S/C30H32N2O/c1-18(2)23-10-6-7-11-25(23)32-30(33)22-14-15-26-24(17-22)27-20-12-13-21(16-20)28(27)29(31-26)19-8-4-3-5-9-19/h3-11,14-15,17-18,20-21,27-29,31H,12-13,16H2,1-2H3,(H,32,33)/t20-,21-,27-,28+,29+/m0/s1. The smallest absolute Gasteiger partial charge is 0.255 e. The number of fused-ring (bicyclic) bond motifs is 7. The molecule has 0 radical (unpaired) electrons. The van der Waals surface area contributed by atoms with Crippen LogP contribution in [-0.2, 0) is 0 Å². The van der Waals surface area contributed by atoms with Gasteiger partial charge in [0.2, 0.25) is 0 Å². The van der Waals surface area contributed by atoms with Gasteiger partial charge in [0, 0.05) is 16.9 Å². The molecule has 2 bridgehead atoms. The highest BCUT2D eigenvalue weighted by Gasteiger charge is 2.53. The number of carbonyl (C=O) groups excluding carboxylic acids is 1. The summed E-state index contributed by atoms with van der Waals surface area (Å²) in [6, 6.07) is 25.7. The first-order chi connectivity index (χ1) is 16.1. The third kappa shape index (κ3) is 3.45. The topological polar surface area (TPSA) is 41.1 Å². The van der Waals surface area contributed by atoms with Crippen LogP contribution in [0.25, 0.3) is 0 Å². The normalized spacial score (nSPS) is 27.1. The molecule has 3 aromatic carbocycles. The van der Waals surface area contributed by atoms with Crippen LogP contribution in [0.1, 0.15) is 78.0 Å². The predicted molar refractivity (Wildman–Crippen MR) is 135 cm³/mol. The fourth-order valence-corrected chi connectivity index (χ4v) is 6.93. The van der Waals surface area contributed by atoms with Gasteiger partial charge in [0.15, 0.2) is 0 Å². The van der Waals surface area contributed by atoms with Crippen LogP contribution in [-0.4, -0.2) is 5.91 Å². The zero-order chi connectivity index (χ0) is 22.5. The lowest BCUT2D eigenvalue weighted by atomic mass is 9.68. The highest BCUT2D eigenvalue weighted by molar-refractivity contribution is 6.05. The summed E-state index contributed by atoms with van der Waals surface area (Å²) in [4.78, 5) is 13.3. The van der Waals surface area contributed by atoms with Crippen LogP contribution in [0.5, 0.6) is 0 Å². The monoisotopic (exact) mass is 436 g/mol. The minimum absolute atomic E-state index is 0.0178. The Labute approximate surface area is 196 Å². The first-order valence-corrected chi connectivity index (χ1v) is 12.5. The SMILES string of the molecule is CC(C)c1ccccc1NC(=O)c1ccc2c(c1)[C@@H]1[C@H]3CC[C@@H](C3)[C@H]1[C@@H](c1ccccc1)N2. The van der Waals surface area contributed by atoms with E-state index in [0.29, 0.717) is 23.8 Å². The molecule has 0 unspecified atom stereocenters. The van der Waals surface area contributed by atoms with Gasteiger partial charge in [-0.25, -0.2) is 0 Å². The van der Waals surface area contributed by atoms with Gasteiger partial charge < -0.3 is 10.6 Å². The highest BCUT2D eigenvalue weighted by Crippen LogP contribution is 2.63. The molecule has 3 aromatic rings. The minimum atomic E-state index is -0.0178. The van der Waals surface area contributed by atoms with Crippen molar-refractivity contribution >= 4 is 17.3 Å². The van der Waals surface area contributed by atoms with E-state index < -0.39 is 0 Å². The van der Waals surface area contributed by atoms with Crippen molar-refractivity contribution in [3.8, 4) is 0 Å². The van der Waals surface area contributed by atoms with E-state index in [1.54, 1.807) is 0 Å². The van der Waals surface area contributed by atoms with Crippen LogP contribution in [0.15, 0.2) is 72.8 Å². The van der Waals surface area contributed by atoms with Gasteiger partial charge in [0.25, 0.3) is 5.91 Å². The van der Waals surface area contributed by atoms with Gasteiger partial charge >= 0.3 is 0 Å². The number of amides is 1. The summed E-state index contributed by atoms with van der Waals surface area (Å²) in [5.41, 5.74) is 6.78. The first kappa shape index (κ1) is 20.5. The van der Waals surface area contributed by atoms with E-state index in [0.717, 1.165) is 23.1 Å². The lowest BCUT2D eigenvalue weighted by Gasteiger charge is -2.43. The van der Waals surface area contributed by atoms with Gasteiger partial charge in [0.1, 0.15) is 0 Å². The van der Waals surface area contributed by atoms with Crippen molar-refractivity contribution in [2.45, 2.75) is 51.0 Å². The molecular formula is C30H32N2O. The maximum atomic E-state index is 13.3. The highest BCUT2D eigenvalue weighted by atomic mass is 16.1. The zero-order valence-corrected chi connectivity index (χ0v) is 19.4. The van der Waals surface area contributed by atoms with Crippen LogP contribution >= 0.6 is 0 Å². The molecule has 0 spiro atoms. The van der Waals surface area contributed by atoms with Crippen molar-refractivity contribution in [1.29, 1.82) is 0 Å². The average Bonchev–Trinajstić information content (AvgIpc) is 3.47. The van der Waals surface area contributed by atoms with E-state index in [4.69, 9.17) is 0 Å².